The van der Waals surface area contributed by atoms with Crippen LogP contribution in [0.2, 0.25) is 0 Å². The molecule has 0 aliphatic carbocycles. The highest BCUT2D eigenvalue weighted by Gasteiger charge is 2.29. The average Bonchev–Trinajstić information content (AvgIpc) is 3.00. The molecule has 3 heterocycles. The summed E-state index contributed by atoms with van der Waals surface area (Å²) in [6.07, 6.45) is 3.82. The summed E-state index contributed by atoms with van der Waals surface area (Å²) in [5.74, 6) is 1.19. The highest BCUT2D eigenvalue weighted by atomic mass is 16.5. The summed E-state index contributed by atoms with van der Waals surface area (Å²) in [6.45, 7) is 3.20. The van der Waals surface area contributed by atoms with Gasteiger partial charge in [0.25, 0.3) is 0 Å². The van der Waals surface area contributed by atoms with Gasteiger partial charge in [-0.25, -0.2) is 4.98 Å². The summed E-state index contributed by atoms with van der Waals surface area (Å²) < 4.78 is 7.51. The molecule has 2 fully saturated rings. The molecule has 0 saturated carbocycles. The van der Waals surface area contributed by atoms with Crippen LogP contribution >= 0.6 is 0 Å². The second-order valence-corrected chi connectivity index (χ2v) is 7.14. The van der Waals surface area contributed by atoms with Crippen molar-refractivity contribution in [2.24, 2.45) is 13.0 Å². The highest BCUT2D eigenvalue weighted by molar-refractivity contribution is 5.81. The average molecular weight is 342 g/mol. The smallest absolute Gasteiger partial charge is 0.225 e. The molecule has 1 unspecified atom stereocenters. The number of rotatable bonds is 3. The summed E-state index contributed by atoms with van der Waals surface area (Å²) in [6, 6.07) is 8.45. The predicted molar refractivity (Wildman–Crippen MR) is 97.6 cm³/mol. The molecule has 6 nitrogen and oxygen atoms in total. The Morgan fingerprint density at radius 2 is 2.04 bits per heavy atom. The Balaban J connectivity index is 1.46. The van der Waals surface area contributed by atoms with Gasteiger partial charge >= 0.3 is 0 Å². The van der Waals surface area contributed by atoms with E-state index in [0.717, 1.165) is 69.0 Å². The van der Waals surface area contributed by atoms with Crippen molar-refractivity contribution in [3.05, 3.63) is 24.3 Å². The van der Waals surface area contributed by atoms with Crippen LogP contribution in [0, 0.1) is 5.92 Å². The van der Waals surface area contributed by atoms with Gasteiger partial charge in [0, 0.05) is 39.4 Å². The molecule has 134 valence electrons. The van der Waals surface area contributed by atoms with Crippen LogP contribution in [0.4, 0.5) is 5.95 Å². The van der Waals surface area contributed by atoms with Crippen molar-refractivity contribution >= 4 is 22.9 Å². The van der Waals surface area contributed by atoms with Crippen LogP contribution in [0.25, 0.3) is 11.0 Å². The molecule has 2 saturated heterocycles. The van der Waals surface area contributed by atoms with Gasteiger partial charge in [0.1, 0.15) is 0 Å². The third kappa shape index (κ3) is 3.35. The van der Waals surface area contributed by atoms with Gasteiger partial charge in [-0.2, -0.15) is 0 Å². The van der Waals surface area contributed by atoms with Crippen LogP contribution in [0.5, 0.6) is 0 Å². The van der Waals surface area contributed by atoms with Crippen LogP contribution in [-0.4, -0.2) is 47.8 Å². The first-order valence-electron chi connectivity index (χ1n) is 9.27. The third-order valence-electron chi connectivity index (χ3n) is 5.41. The minimum atomic E-state index is 0.0383. The van der Waals surface area contributed by atoms with Gasteiger partial charge < -0.3 is 19.5 Å². The molecular formula is C19H26N4O2. The van der Waals surface area contributed by atoms with Gasteiger partial charge in [-0.3, -0.25) is 4.79 Å². The highest BCUT2D eigenvalue weighted by Crippen LogP contribution is 2.26. The zero-order valence-electron chi connectivity index (χ0n) is 14.8. The van der Waals surface area contributed by atoms with Crippen LogP contribution in [0.15, 0.2) is 24.3 Å². The normalized spacial score (nSPS) is 22.3. The number of para-hydroxylation sites is 2. The maximum Gasteiger partial charge on any atom is 0.225 e. The molecule has 1 aromatic heterocycles. The molecule has 25 heavy (non-hydrogen) atoms. The molecular weight excluding hydrogens is 316 g/mol. The van der Waals surface area contributed by atoms with Gasteiger partial charge in [-0.1, -0.05) is 12.1 Å². The second kappa shape index (κ2) is 7.04. The third-order valence-corrected chi connectivity index (χ3v) is 5.41. The standard InChI is InChI=1S/C19H26N4O2/c1-22-17-7-3-2-6-16(17)21-19(22)23-10-4-5-14(13-23)18(24)20-15-8-11-25-12-9-15/h2-3,6-7,14-15H,4-5,8-13H2,1H3,(H,20,24). The number of hydrogen-bond donors (Lipinski definition) is 1. The van der Waals surface area contributed by atoms with E-state index in [2.05, 4.69) is 27.9 Å². The number of aromatic nitrogens is 2. The number of nitrogens with one attached hydrogen (secondary N) is 1. The van der Waals surface area contributed by atoms with Crippen LogP contribution in [0.3, 0.4) is 0 Å². The topological polar surface area (TPSA) is 59.4 Å². The van der Waals surface area contributed by atoms with Crippen molar-refractivity contribution < 1.29 is 9.53 Å². The lowest BCUT2D eigenvalue weighted by atomic mass is 9.96. The van der Waals surface area contributed by atoms with Gasteiger partial charge in [-0.15, -0.1) is 0 Å². The van der Waals surface area contributed by atoms with Gasteiger partial charge in [0.15, 0.2) is 0 Å². The van der Waals surface area contributed by atoms with Gasteiger partial charge in [-0.05, 0) is 37.8 Å². The molecule has 1 N–H and O–H groups in total. The minimum Gasteiger partial charge on any atom is -0.381 e. The fourth-order valence-electron chi connectivity index (χ4n) is 3.95. The van der Waals surface area contributed by atoms with Crippen molar-refractivity contribution in [3.63, 3.8) is 0 Å². The molecule has 1 atom stereocenters. The van der Waals surface area contributed by atoms with E-state index < -0.39 is 0 Å². The Bertz CT molecular complexity index is 751. The summed E-state index contributed by atoms with van der Waals surface area (Å²) in [7, 11) is 2.05. The number of benzene rings is 1. The number of fused-ring (bicyclic) bond motifs is 1. The molecule has 1 amide bonds. The van der Waals surface area contributed by atoms with E-state index in [1.54, 1.807) is 0 Å². The van der Waals surface area contributed by atoms with E-state index in [4.69, 9.17) is 9.72 Å². The lowest BCUT2D eigenvalue weighted by Gasteiger charge is -2.34. The van der Waals surface area contributed by atoms with Gasteiger partial charge in [0.2, 0.25) is 11.9 Å². The van der Waals surface area contributed by atoms with Crippen molar-refractivity contribution in [1.82, 2.24) is 14.9 Å². The molecule has 2 aliphatic rings. The first-order chi connectivity index (χ1) is 12.2. The molecule has 6 heteroatoms. The van der Waals surface area contributed by atoms with E-state index in [1.807, 2.05) is 18.2 Å². The molecule has 4 rings (SSSR count). The number of carbonyl (C=O) groups excluding carboxylic acids is 1. The fraction of sp³-hybridized carbons (Fsp3) is 0.579. The molecule has 0 bridgehead atoms. The Morgan fingerprint density at radius 1 is 1.24 bits per heavy atom. The Morgan fingerprint density at radius 3 is 2.84 bits per heavy atom. The number of nitrogens with zero attached hydrogens (tertiary/aromatic N) is 3. The number of carbonyl (C=O) groups is 1. The molecule has 0 radical (unpaired) electrons. The van der Waals surface area contributed by atoms with Crippen LogP contribution in [0.1, 0.15) is 25.7 Å². The predicted octanol–water partition coefficient (Wildman–Crippen LogP) is 2.08. The lowest BCUT2D eigenvalue weighted by molar-refractivity contribution is -0.126. The summed E-state index contributed by atoms with van der Waals surface area (Å²) in [5.41, 5.74) is 2.14. The first-order valence-corrected chi connectivity index (χ1v) is 9.27. The maximum absolute atomic E-state index is 12.7. The van der Waals surface area contributed by atoms with Crippen molar-refractivity contribution in [1.29, 1.82) is 0 Å². The molecule has 2 aromatic rings. The van der Waals surface area contributed by atoms with Crippen molar-refractivity contribution in [2.75, 3.05) is 31.2 Å². The van der Waals surface area contributed by atoms with E-state index in [-0.39, 0.29) is 17.9 Å². The summed E-state index contributed by atoms with van der Waals surface area (Å²) >= 11 is 0. The number of imidazole rings is 1. The first kappa shape index (κ1) is 16.4. The number of amides is 1. The zero-order valence-corrected chi connectivity index (χ0v) is 14.8. The maximum atomic E-state index is 12.7. The summed E-state index contributed by atoms with van der Waals surface area (Å²) in [4.78, 5) is 19.7. The molecule has 0 spiro atoms. The summed E-state index contributed by atoms with van der Waals surface area (Å²) in [5, 5.41) is 3.23. The Kier molecular flexibility index (Phi) is 4.61. The van der Waals surface area contributed by atoms with Gasteiger partial charge in [0.05, 0.1) is 17.0 Å². The number of hydrogen-bond acceptors (Lipinski definition) is 4. The largest absolute Gasteiger partial charge is 0.381 e. The van der Waals surface area contributed by atoms with Crippen LogP contribution < -0.4 is 10.2 Å². The van der Waals surface area contributed by atoms with E-state index in [0.29, 0.717) is 0 Å². The van der Waals surface area contributed by atoms with Crippen LogP contribution in [-0.2, 0) is 16.6 Å². The number of aryl methyl sites for hydroxylation is 1. The monoisotopic (exact) mass is 342 g/mol. The van der Waals surface area contributed by atoms with E-state index >= 15 is 0 Å². The van der Waals surface area contributed by atoms with E-state index in [9.17, 15) is 4.79 Å². The molecule has 1 aromatic carbocycles. The van der Waals surface area contributed by atoms with Crippen molar-refractivity contribution in [3.8, 4) is 0 Å². The number of ether oxygens (including phenoxy) is 1. The Labute approximate surface area is 148 Å². The zero-order chi connectivity index (χ0) is 17.2. The number of anilines is 1. The van der Waals surface area contributed by atoms with E-state index in [1.165, 1.54) is 0 Å². The SMILES string of the molecule is Cn1c(N2CCCC(C(=O)NC3CCOCC3)C2)nc2ccccc21. The fourth-order valence-corrected chi connectivity index (χ4v) is 3.95. The second-order valence-electron chi connectivity index (χ2n) is 7.14. The number of piperidine rings is 1. The minimum absolute atomic E-state index is 0.0383. The quantitative estimate of drug-likeness (QED) is 0.928. The lowest BCUT2D eigenvalue weighted by Crippen LogP contribution is -2.47. The molecule has 2 aliphatic heterocycles. The van der Waals surface area contributed by atoms with Crippen molar-refractivity contribution in [2.45, 2.75) is 31.7 Å². The Hall–Kier alpha value is -2.08.